The third kappa shape index (κ3) is 2.98. The lowest BCUT2D eigenvalue weighted by molar-refractivity contribution is 0.0714. The maximum absolute atomic E-state index is 14.0. The van der Waals surface area contributed by atoms with E-state index in [1.54, 1.807) is 30.3 Å². The number of pyridine rings is 1. The molecule has 0 radical (unpaired) electrons. The number of nitrogens with zero attached hydrogens (tertiary/aromatic N) is 3. The lowest BCUT2D eigenvalue weighted by atomic mass is 10.0. The van der Waals surface area contributed by atoms with Crippen LogP contribution in [0.2, 0.25) is 0 Å². The molecule has 0 aliphatic carbocycles. The highest BCUT2D eigenvalue weighted by molar-refractivity contribution is 5.96. The van der Waals surface area contributed by atoms with Crippen molar-refractivity contribution in [3.63, 3.8) is 0 Å². The maximum atomic E-state index is 14.0. The number of aryl methyl sites for hydroxylation is 1. The first-order chi connectivity index (χ1) is 12.6. The lowest BCUT2D eigenvalue weighted by Crippen LogP contribution is -2.30. The summed E-state index contributed by atoms with van der Waals surface area (Å²) in [5.41, 5.74) is 2.41. The minimum Gasteiger partial charge on any atom is -0.359 e. The minimum absolute atomic E-state index is 0.0853. The summed E-state index contributed by atoms with van der Waals surface area (Å²) < 4.78 is 19.4. The number of amides is 1. The summed E-state index contributed by atoms with van der Waals surface area (Å²) in [6.07, 6.45) is 4.47. The molecule has 3 heterocycles. The molecule has 0 N–H and O–H groups in total. The molecule has 1 fully saturated rings. The van der Waals surface area contributed by atoms with Crippen LogP contribution in [0.15, 0.2) is 53.3 Å². The van der Waals surface area contributed by atoms with E-state index in [9.17, 15) is 9.18 Å². The first kappa shape index (κ1) is 16.4. The van der Waals surface area contributed by atoms with Crippen LogP contribution in [0.25, 0.3) is 11.1 Å². The molecule has 0 spiro atoms. The van der Waals surface area contributed by atoms with Crippen molar-refractivity contribution < 1.29 is 13.7 Å². The van der Waals surface area contributed by atoms with Gasteiger partial charge < -0.3 is 9.42 Å². The van der Waals surface area contributed by atoms with Gasteiger partial charge in [-0.05, 0) is 43.5 Å². The molecule has 6 heteroatoms. The van der Waals surface area contributed by atoms with Crippen LogP contribution in [0.1, 0.15) is 40.7 Å². The van der Waals surface area contributed by atoms with Crippen molar-refractivity contribution in [2.45, 2.75) is 25.8 Å². The molecular formula is C20H18FN3O2. The van der Waals surface area contributed by atoms with Crippen LogP contribution in [-0.2, 0) is 0 Å². The van der Waals surface area contributed by atoms with Gasteiger partial charge >= 0.3 is 0 Å². The molecular weight excluding hydrogens is 333 g/mol. The highest BCUT2D eigenvalue weighted by Crippen LogP contribution is 2.34. The van der Waals surface area contributed by atoms with Crippen molar-refractivity contribution in [1.29, 1.82) is 0 Å². The van der Waals surface area contributed by atoms with Crippen molar-refractivity contribution >= 4 is 5.91 Å². The molecule has 5 nitrogen and oxygen atoms in total. The Labute approximate surface area is 150 Å². The summed E-state index contributed by atoms with van der Waals surface area (Å²) in [7, 11) is 0. The second-order valence-corrected chi connectivity index (χ2v) is 6.46. The second-order valence-electron chi connectivity index (χ2n) is 6.46. The van der Waals surface area contributed by atoms with Gasteiger partial charge in [-0.2, -0.15) is 0 Å². The van der Waals surface area contributed by atoms with E-state index in [0.717, 1.165) is 18.5 Å². The van der Waals surface area contributed by atoms with E-state index in [1.807, 2.05) is 17.9 Å². The largest absolute Gasteiger partial charge is 0.359 e. The number of hydrogen-bond donors (Lipinski definition) is 0. The van der Waals surface area contributed by atoms with Gasteiger partial charge in [-0.3, -0.25) is 9.78 Å². The fraction of sp³-hybridized carbons (Fsp3) is 0.250. The average molecular weight is 351 g/mol. The highest BCUT2D eigenvalue weighted by atomic mass is 19.1. The van der Waals surface area contributed by atoms with Gasteiger partial charge in [0.05, 0.1) is 17.9 Å². The standard InChI is InChI=1S/C20H18FN3O2/c1-13-10-19(26-23-13)18-6-3-9-24(18)20(25)15-5-2-4-14(11-15)16-7-8-22-12-17(16)21/h2,4-5,7-8,10-12,18H,3,6,9H2,1H3. The van der Waals surface area contributed by atoms with Crippen LogP contribution in [0, 0.1) is 12.7 Å². The van der Waals surface area contributed by atoms with Gasteiger partial charge in [0.2, 0.25) is 0 Å². The molecule has 0 bridgehead atoms. The van der Waals surface area contributed by atoms with Crippen molar-refractivity contribution in [3.8, 4) is 11.1 Å². The SMILES string of the molecule is Cc1cc(C2CCCN2C(=O)c2cccc(-c3ccncc3F)c2)on1. The topological polar surface area (TPSA) is 59.2 Å². The van der Waals surface area contributed by atoms with E-state index in [1.165, 1.54) is 12.4 Å². The summed E-state index contributed by atoms with van der Waals surface area (Å²) in [4.78, 5) is 18.6. The summed E-state index contributed by atoms with van der Waals surface area (Å²) in [6.45, 7) is 2.53. The monoisotopic (exact) mass is 351 g/mol. The molecule has 4 rings (SSSR count). The lowest BCUT2D eigenvalue weighted by Gasteiger charge is -2.23. The number of hydrogen-bond acceptors (Lipinski definition) is 4. The molecule has 1 aliphatic heterocycles. The number of benzene rings is 1. The van der Waals surface area contributed by atoms with E-state index in [2.05, 4.69) is 10.1 Å². The third-order valence-electron chi connectivity index (χ3n) is 4.68. The maximum Gasteiger partial charge on any atom is 0.254 e. The molecule has 1 aromatic carbocycles. The van der Waals surface area contributed by atoms with Gasteiger partial charge in [0.15, 0.2) is 5.76 Å². The Kier molecular flexibility index (Phi) is 4.24. The highest BCUT2D eigenvalue weighted by Gasteiger charge is 2.33. The Morgan fingerprint density at radius 2 is 2.19 bits per heavy atom. The van der Waals surface area contributed by atoms with Crippen LogP contribution >= 0.6 is 0 Å². The van der Waals surface area contributed by atoms with Crippen LogP contribution in [0.5, 0.6) is 0 Å². The number of likely N-dealkylation sites (tertiary alicyclic amines) is 1. The van der Waals surface area contributed by atoms with E-state index in [0.29, 0.717) is 29.0 Å². The van der Waals surface area contributed by atoms with Crippen LogP contribution < -0.4 is 0 Å². The fourth-order valence-corrected chi connectivity index (χ4v) is 3.44. The number of carbonyl (C=O) groups is 1. The Balaban J connectivity index is 1.64. The molecule has 26 heavy (non-hydrogen) atoms. The van der Waals surface area contributed by atoms with Gasteiger partial charge in [0, 0.05) is 29.9 Å². The predicted molar refractivity (Wildman–Crippen MR) is 93.9 cm³/mol. The number of halogens is 1. The molecule has 0 saturated carbocycles. The molecule has 2 aromatic heterocycles. The van der Waals surface area contributed by atoms with Crippen LogP contribution in [0.4, 0.5) is 4.39 Å². The third-order valence-corrected chi connectivity index (χ3v) is 4.68. The molecule has 1 aliphatic rings. The average Bonchev–Trinajstić information content (AvgIpc) is 3.30. The Bertz CT molecular complexity index is 953. The van der Waals surface area contributed by atoms with E-state index >= 15 is 0 Å². The Hall–Kier alpha value is -3.02. The van der Waals surface area contributed by atoms with Gasteiger partial charge in [-0.25, -0.2) is 4.39 Å². The van der Waals surface area contributed by atoms with Crippen LogP contribution in [-0.4, -0.2) is 27.5 Å². The number of aromatic nitrogens is 2. The molecule has 1 amide bonds. The number of carbonyl (C=O) groups excluding carboxylic acids is 1. The Morgan fingerprint density at radius 3 is 2.96 bits per heavy atom. The van der Waals surface area contributed by atoms with E-state index in [-0.39, 0.29) is 11.9 Å². The normalized spacial score (nSPS) is 16.8. The van der Waals surface area contributed by atoms with E-state index in [4.69, 9.17) is 4.52 Å². The molecule has 3 aromatic rings. The number of rotatable bonds is 3. The first-order valence-electron chi connectivity index (χ1n) is 8.57. The summed E-state index contributed by atoms with van der Waals surface area (Å²) in [5.74, 6) is 0.218. The molecule has 132 valence electrons. The van der Waals surface area contributed by atoms with E-state index < -0.39 is 5.82 Å². The second kappa shape index (κ2) is 6.71. The summed E-state index contributed by atoms with van der Waals surface area (Å²) in [5, 5.41) is 3.93. The van der Waals surface area contributed by atoms with Crippen molar-refractivity contribution in [2.75, 3.05) is 6.54 Å². The van der Waals surface area contributed by atoms with Crippen molar-refractivity contribution in [2.24, 2.45) is 0 Å². The summed E-state index contributed by atoms with van der Waals surface area (Å²) in [6, 6.07) is 10.4. The van der Waals surface area contributed by atoms with Gasteiger partial charge in [0.25, 0.3) is 5.91 Å². The predicted octanol–water partition coefficient (Wildman–Crippen LogP) is 4.16. The first-order valence-corrected chi connectivity index (χ1v) is 8.57. The zero-order chi connectivity index (χ0) is 18.1. The van der Waals surface area contributed by atoms with Gasteiger partial charge in [0.1, 0.15) is 5.82 Å². The van der Waals surface area contributed by atoms with Gasteiger partial charge in [-0.1, -0.05) is 17.3 Å². The quantitative estimate of drug-likeness (QED) is 0.711. The van der Waals surface area contributed by atoms with Crippen molar-refractivity contribution in [3.05, 3.63) is 71.6 Å². The zero-order valence-electron chi connectivity index (χ0n) is 14.4. The van der Waals surface area contributed by atoms with Crippen molar-refractivity contribution in [1.82, 2.24) is 15.0 Å². The minimum atomic E-state index is -0.409. The van der Waals surface area contributed by atoms with Crippen LogP contribution in [0.3, 0.4) is 0 Å². The summed E-state index contributed by atoms with van der Waals surface area (Å²) >= 11 is 0. The molecule has 1 saturated heterocycles. The smallest absolute Gasteiger partial charge is 0.254 e. The Morgan fingerprint density at radius 1 is 1.31 bits per heavy atom. The fourth-order valence-electron chi connectivity index (χ4n) is 3.44. The zero-order valence-corrected chi connectivity index (χ0v) is 14.4. The van der Waals surface area contributed by atoms with Gasteiger partial charge in [-0.15, -0.1) is 0 Å². The molecule has 1 unspecified atom stereocenters. The molecule has 1 atom stereocenters.